The van der Waals surface area contributed by atoms with E-state index in [2.05, 4.69) is 41.0 Å². The number of piperazine rings is 1. The number of aromatic amines is 1. The number of nitrogens with one attached hydrogen (secondary N) is 1. The van der Waals surface area contributed by atoms with Crippen molar-refractivity contribution in [1.82, 2.24) is 19.9 Å². The Morgan fingerprint density at radius 1 is 1.17 bits per heavy atom. The van der Waals surface area contributed by atoms with Crippen LogP contribution in [0.3, 0.4) is 0 Å². The van der Waals surface area contributed by atoms with Crippen LogP contribution in [-0.2, 0) is 0 Å². The number of aliphatic imine (C=N–C) groups is 2. The van der Waals surface area contributed by atoms with Gasteiger partial charge in [-0.2, -0.15) is 0 Å². The molecular formula is C25H27BrN6O3. The van der Waals surface area contributed by atoms with Gasteiger partial charge in [0.25, 0.3) is 5.91 Å². The highest BCUT2D eigenvalue weighted by Crippen LogP contribution is 2.29. The van der Waals surface area contributed by atoms with E-state index >= 15 is 0 Å². The highest BCUT2D eigenvalue weighted by Gasteiger charge is 2.27. The Morgan fingerprint density at radius 2 is 1.86 bits per heavy atom. The van der Waals surface area contributed by atoms with Crippen molar-refractivity contribution in [2.45, 2.75) is 13.8 Å². The maximum absolute atomic E-state index is 13.4. The third-order valence-corrected chi connectivity index (χ3v) is 6.37. The highest BCUT2D eigenvalue weighted by atomic mass is 79.9. The Hall–Kier alpha value is -3.53. The van der Waals surface area contributed by atoms with Gasteiger partial charge in [-0.25, -0.2) is 0 Å². The Labute approximate surface area is 212 Å². The average Bonchev–Trinajstić information content (AvgIpc) is 3.51. The number of hydrogen-bond acceptors (Lipinski definition) is 6. The van der Waals surface area contributed by atoms with Crippen molar-refractivity contribution in [3.8, 4) is 11.3 Å². The number of carbonyl (C=O) groups excluding carboxylic acids is 2. The summed E-state index contributed by atoms with van der Waals surface area (Å²) in [5.74, 6) is 0.872. The molecule has 182 valence electrons. The minimum absolute atomic E-state index is 0.142. The van der Waals surface area contributed by atoms with Crippen LogP contribution < -0.4 is 0 Å². The third-order valence-electron chi connectivity index (χ3n) is 5.84. The van der Waals surface area contributed by atoms with E-state index in [0.717, 1.165) is 15.9 Å². The topological polar surface area (TPSA) is 107 Å². The summed E-state index contributed by atoms with van der Waals surface area (Å²) in [6, 6.07) is 9.10. The van der Waals surface area contributed by atoms with Crippen molar-refractivity contribution in [3.05, 3.63) is 63.6 Å². The number of hydrogen-bond donors (Lipinski definition) is 1. The molecule has 3 aromatic rings. The minimum Gasteiger partial charge on any atom is -0.360 e. The Morgan fingerprint density at radius 3 is 2.51 bits per heavy atom. The first kappa shape index (κ1) is 24.6. The van der Waals surface area contributed by atoms with Gasteiger partial charge in [-0.3, -0.25) is 19.6 Å². The van der Waals surface area contributed by atoms with Crippen LogP contribution in [-0.4, -0.2) is 83.5 Å². The average molecular weight is 539 g/mol. The van der Waals surface area contributed by atoms with Crippen LogP contribution in [0.15, 0.2) is 55.5 Å². The number of halogens is 1. The molecule has 1 amide bonds. The fraction of sp³-hybridized carbons (Fsp3) is 0.320. The number of carbonyl (C=O) groups is 2. The second-order valence-corrected chi connectivity index (χ2v) is 9.02. The molecule has 10 heteroatoms. The molecule has 0 radical (unpaired) electrons. The molecule has 0 unspecified atom stereocenters. The van der Waals surface area contributed by atoms with Crippen molar-refractivity contribution in [2.75, 3.05) is 39.8 Å². The van der Waals surface area contributed by atoms with Gasteiger partial charge in [-0.15, -0.1) is 0 Å². The van der Waals surface area contributed by atoms with Gasteiger partial charge in [0.2, 0.25) is 0 Å². The Bertz CT molecular complexity index is 1270. The largest absolute Gasteiger partial charge is 0.360 e. The van der Waals surface area contributed by atoms with Gasteiger partial charge in [-0.05, 0) is 32.0 Å². The molecule has 1 saturated heterocycles. The molecule has 1 N–H and O–H groups in total. The van der Waals surface area contributed by atoms with Gasteiger partial charge in [0.15, 0.2) is 5.78 Å². The Kier molecular flexibility index (Phi) is 7.60. The lowest BCUT2D eigenvalue weighted by Crippen LogP contribution is -2.51. The van der Waals surface area contributed by atoms with Crippen molar-refractivity contribution >= 4 is 39.7 Å². The van der Waals surface area contributed by atoms with Crippen LogP contribution in [0, 0.1) is 6.92 Å². The maximum Gasteiger partial charge on any atom is 0.270 e. The number of aromatic nitrogens is 2. The molecule has 0 saturated carbocycles. The first-order chi connectivity index (χ1) is 16.9. The number of rotatable bonds is 6. The van der Waals surface area contributed by atoms with Gasteiger partial charge in [0.1, 0.15) is 23.0 Å². The summed E-state index contributed by atoms with van der Waals surface area (Å²) in [6.07, 6.45) is 3.31. The normalized spacial score (nSPS) is 14.7. The highest BCUT2D eigenvalue weighted by molar-refractivity contribution is 9.10. The molecule has 3 heterocycles. The van der Waals surface area contributed by atoms with Gasteiger partial charge < -0.3 is 19.3 Å². The van der Waals surface area contributed by atoms with E-state index in [4.69, 9.17) is 4.52 Å². The molecule has 0 bridgehead atoms. The summed E-state index contributed by atoms with van der Waals surface area (Å²) in [7, 11) is 1.72. The van der Waals surface area contributed by atoms with Gasteiger partial charge in [0.05, 0.1) is 11.8 Å². The van der Waals surface area contributed by atoms with E-state index in [1.54, 1.807) is 37.3 Å². The minimum atomic E-state index is -0.249. The molecular weight excluding hydrogens is 512 g/mol. The maximum atomic E-state index is 13.4. The molecule has 1 aliphatic heterocycles. The zero-order chi connectivity index (χ0) is 24.9. The van der Waals surface area contributed by atoms with Crippen LogP contribution in [0.5, 0.6) is 0 Å². The number of ketones is 1. The number of amidine groups is 1. The van der Waals surface area contributed by atoms with Crippen molar-refractivity contribution in [2.24, 2.45) is 9.98 Å². The zero-order valence-electron chi connectivity index (χ0n) is 19.9. The van der Waals surface area contributed by atoms with Crippen LogP contribution in [0.2, 0.25) is 0 Å². The molecule has 35 heavy (non-hydrogen) atoms. The van der Waals surface area contributed by atoms with E-state index in [-0.39, 0.29) is 11.7 Å². The monoisotopic (exact) mass is 538 g/mol. The van der Waals surface area contributed by atoms with Crippen molar-refractivity contribution < 1.29 is 14.1 Å². The molecule has 2 aromatic heterocycles. The third kappa shape index (κ3) is 5.27. The molecule has 1 aromatic carbocycles. The van der Waals surface area contributed by atoms with Gasteiger partial charge in [-0.1, -0.05) is 33.2 Å². The van der Waals surface area contributed by atoms with Crippen molar-refractivity contribution in [1.29, 1.82) is 0 Å². The summed E-state index contributed by atoms with van der Waals surface area (Å²) in [5, 5.41) is 4.11. The van der Waals surface area contributed by atoms with Gasteiger partial charge >= 0.3 is 0 Å². The van der Waals surface area contributed by atoms with E-state index in [9.17, 15) is 9.59 Å². The predicted octanol–water partition coefficient (Wildman–Crippen LogP) is 3.85. The lowest BCUT2D eigenvalue weighted by atomic mass is 9.99. The van der Waals surface area contributed by atoms with E-state index < -0.39 is 0 Å². The Balaban J connectivity index is 1.48. The number of H-pyrrole nitrogens is 1. The fourth-order valence-corrected chi connectivity index (χ4v) is 4.31. The predicted molar refractivity (Wildman–Crippen MR) is 138 cm³/mol. The lowest BCUT2D eigenvalue weighted by molar-refractivity contribution is 0.0687. The van der Waals surface area contributed by atoms with Crippen LogP contribution in [0.25, 0.3) is 11.3 Å². The quantitative estimate of drug-likeness (QED) is 0.291. The lowest BCUT2D eigenvalue weighted by Gasteiger charge is -2.35. The molecule has 0 atom stereocenters. The van der Waals surface area contributed by atoms with E-state index in [1.165, 1.54) is 0 Å². The zero-order valence-corrected chi connectivity index (χ0v) is 21.5. The number of benzene rings is 1. The SMILES string of the molecule is CCN=C(C=NC)N1CCN(C(=O)c2cc(C(=O)c3c(-c4ccc(Br)cc4)noc3C)c[nH]2)CC1. The molecule has 0 aliphatic carbocycles. The number of amides is 1. The summed E-state index contributed by atoms with van der Waals surface area (Å²) in [4.78, 5) is 41.9. The second-order valence-electron chi connectivity index (χ2n) is 8.10. The number of nitrogens with zero attached hydrogens (tertiary/aromatic N) is 5. The van der Waals surface area contributed by atoms with Crippen LogP contribution >= 0.6 is 15.9 Å². The fourth-order valence-electron chi connectivity index (χ4n) is 4.05. The second kappa shape index (κ2) is 10.8. The van der Waals surface area contributed by atoms with Crippen LogP contribution in [0.4, 0.5) is 0 Å². The van der Waals surface area contributed by atoms with Crippen LogP contribution in [0.1, 0.15) is 39.1 Å². The standard InChI is InChI=1S/C25H27BrN6O3/c1-4-28-21(15-27-3)31-9-11-32(12-10-31)25(34)20-13-18(14-29-20)24(33)22-16(2)35-30-23(22)17-5-7-19(26)8-6-17/h5-8,13-15,29H,4,9-12H2,1-3H3. The van der Waals surface area contributed by atoms with Gasteiger partial charge in [0, 0.05) is 61.6 Å². The van der Waals surface area contributed by atoms with E-state index in [1.807, 2.05) is 31.2 Å². The first-order valence-corrected chi connectivity index (χ1v) is 12.2. The molecule has 1 aliphatic rings. The summed E-state index contributed by atoms with van der Waals surface area (Å²) in [5.41, 5.74) is 2.40. The van der Waals surface area contributed by atoms with Crippen molar-refractivity contribution in [3.63, 3.8) is 0 Å². The molecule has 4 rings (SSSR count). The molecule has 0 spiro atoms. The number of aryl methyl sites for hydroxylation is 1. The summed E-state index contributed by atoms with van der Waals surface area (Å²) < 4.78 is 6.27. The molecule has 9 nitrogen and oxygen atoms in total. The smallest absolute Gasteiger partial charge is 0.270 e. The summed E-state index contributed by atoms with van der Waals surface area (Å²) >= 11 is 3.42. The molecule has 1 fully saturated rings. The summed E-state index contributed by atoms with van der Waals surface area (Å²) in [6.45, 7) is 6.81. The van der Waals surface area contributed by atoms with E-state index in [0.29, 0.717) is 61.0 Å². The first-order valence-electron chi connectivity index (χ1n) is 11.4.